The number of amides is 2. The largest absolute Gasteiger partial charge is 0.492 e. The third-order valence-electron chi connectivity index (χ3n) is 2.93. The number of carbonyl (C=O) groups excluding carboxylic acids is 2. The SMILES string of the molecule is CC(C)[C@H](N)C(=O)NCC(=O)NCCOc1cccc(Br)c1. The van der Waals surface area contributed by atoms with Crippen LogP contribution in [0.1, 0.15) is 13.8 Å². The molecular weight excluding hydrogens is 350 g/mol. The molecule has 0 aliphatic carbocycles. The van der Waals surface area contributed by atoms with E-state index in [0.29, 0.717) is 13.2 Å². The second kappa shape index (κ2) is 9.42. The molecule has 4 N–H and O–H groups in total. The number of hydrogen-bond donors (Lipinski definition) is 3. The van der Waals surface area contributed by atoms with E-state index in [1.54, 1.807) is 0 Å². The Labute approximate surface area is 138 Å². The predicted molar refractivity (Wildman–Crippen MR) is 88.5 cm³/mol. The third kappa shape index (κ3) is 6.91. The van der Waals surface area contributed by atoms with Crippen molar-refractivity contribution in [2.45, 2.75) is 19.9 Å². The summed E-state index contributed by atoms with van der Waals surface area (Å²) < 4.78 is 6.41. The minimum atomic E-state index is -0.604. The minimum absolute atomic E-state index is 0.0293. The molecule has 22 heavy (non-hydrogen) atoms. The van der Waals surface area contributed by atoms with Crippen molar-refractivity contribution in [3.8, 4) is 5.75 Å². The Morgan fingerprint density at radius 2 is 2.05 bits per heavy atom. The molecule has 0 radical (unpaired) electrons. The molecule has 1 aromatic rings. The first-order valence-electron chi connectivity index (χ1n) is 7.08. The van der Waals surface area contributed by atoms with Crippen LogP contribution in [0.2, 0.25) is 0 Å². The highest BCUT2D eigenvalue weighted by molar-refractivity contribution is 9.10. The van der Waals surface area contributed by atoms with E-state index in [9.17, 15) is 9.59 Å². The first-order valence-corrected chi connectivity index (χ1v) is 7.88. The van der Waals surface area contributed by atoms with Gasteiger partial charge in [0.15, 0.2) is 0 Å². The van der Waals surface area contributed by atoms with Crippen molar-refractivity contribution in [2.75, 3.05) is 19.7 Å². The third-order valence-corrected chi connectivity index (χ3v) is 3.43. The molecule has 0 unspecified atom stereocenters. The molecule has 0 heterocycles. The van der Waals surface area contributed by atoms with Crippen LogP contribution in [0.25, 0.3) is 0 Å². The average molecular weight is 372 g/mol. The highest BCUT2D eigenvalue weighted by Gasteiger charge is 2.17. The first kappa shape index (κ1) is 18.4. The standard InChI is InChI=1S/C15H22BrN3O3/c1-10(2)14(17)15(21)19-9-13(20)18-6-7-22-12-5-3-4-11(16)8-12/h3-5,8,10,14H,6-7,9,17H2,1-2H3,(H,18,20)(H,19,21)/t14-/m0/s1. The van der Waals surface area contributed by atoms with Gasteiger partial charge in [-0.25, -0.2) is 0 Å². The normalized spacial score (nSPS) is 11.9. The zero-order chi connectivity index (χ0) is 16.5. The Kier molecular flexibility index (Phi) is 7.90. The highest BCUT2D eigenvalue weighted by Crippen LogP contribution is 2.17. The van der Waals surface area contributed by atoms with Gasteiger partial charge in [-0.15, -0.1) is 0 Å². The van der Waals surface area contributed by atoms with Crippen LogP contribution in [0.5, 0.6) is 5.75 Å². The fraction of sp³-hybridized carbons (Fsp3) is 0.467. The lowest BCUT2D eigenvalue weighted by Crippen LogP contribution is -2.47. The van der Waals surface area contributed by atoms with Crippen molar-refractivity contribution in [3.05, 3.63) is 28.7 Å². The van der Waals surface area contributed by atoms with Crippen LogP contribution >= 0.6 is 15.9 Å². The van der Waals surface area contributed by atoms with Crippen LogP contribution in [-0.2, 0) is 9.59 Å². The van der Waals surface area contributed by atoms with Crippen LogP contribution in [-0.4, -0.2) is 37.6 Å². The number of nitrogens with two attached hydrogens (primary N) is 1. The Hall–Kier alpha value is -1.60. The smallest absolute Gasteiger partial charge is 0.239 e. The van der Waals surface area contributed by atoms with Gasteiger partial charge >= 0.3 is 0 Å². The summed E-state index contributed by atoms with van der Waals surface area (Å²) in [6, 6.07) is 6.84. The van der Waals surface area contributed by atoms with Crippen LogP contribution in [0, 0.1) is 5.92 Å². The Morgan fingerprint density at radius 3 is 2.68 bits per heavy atom. The summed E-state index contributed by atoms with van der Waals surface area (Å²) in [5.41, 5.74) is 5.68. The summed E-state index contributed by atoms with van der Waals surface area (Å²) in [5.74, 6) is 0.152. The summed E-state index contributed by atoms with van der Waals surface area (Å²) in [4.78, 5) is 23.2. The van der Waals surface area contributed by atoms with E-state index in [1.807, 2.05) is 38.1 Å². The second-order valence-corrected chi connectivity index (χ2v) is 6.06. The highest BCUT2D eigenvalue weighted by atomic mass is 79.9. The maximum absolute atomic E-state index is 11.6. The fourth-order valence-corrected chi connectivity index (χ4v) is 1.94. The molecule has 0 fully saturated rings. The van der Waals surface area contributed by atoms with E-state index in [4.69, 9.17) is 10.5 Å². The number of benzene rings is 1. The number of ether oxygens (including phenoxy) is 1. The van der Waals surface area contributed by atoms with Crippen molar-refractivity contribution in [3.63, 3.8) is 0 Å². The summed E-state index contributed by atoms with van der Waals surface area (Å²) in [7, 11) is 0. The average Bonchev–Trinajstić information content (AvgIpc) is 2.48. The maximum atomic E-state index is 11.6. The molecule has 0 saturated heterocycles. The Morgan fingerprint density at radius 1 is 1.32 bits per heavy atom. The Bertz CT molecular complexity index is 509. The van der Waals surface area contributed by atoms with Gasteiger partial charge < -0.3 is 21.1 Å². The minimum Gasteiger partial charge on any atom is -0.492 e. The van der Waals surface area contributed by atoms with Gasteiger partial charge in [0.25, 0.3) is 0 Å². The molecule has 0 spiro atoms. The van der Waals surface area contributed by atoms with Crippen LogP contribution < -0.4 is 21.1 Å². The quantitative estimate of drug-likeness (QED) is 0.595. The van der Waals surface area contributed by atoms with Gasteiger partial charge in [0.1, 0.15) is 12.4 Å². The van der Waals surface area contributed by atoms with Gasteiger partial charge in [-0.1, -0.05) is 35.8 Å². The Balaban J connectivity index is 2.17. The molecule has 7 heteroatoms. The summed E-state index contributed by atoms with van der Waals surface area (Å²) >= 11 is 3.35. The van der Waals surface area contributed by atoms with E-state index in [0.717, 1.165) is 10.2 Å². The van der Waals surface area contributed by atoms with Crippen molar-refractivity contribution >= 4 is 27.7 Å². The molecule has 0 aromatic heterocycles. The van der Waals surface area contributed by atoms with E-state index < -0.39 is 6.04 Å². The summed E-state index contributed by atoms with van der Waals surface area (Å²) in [6.07, 6.45) is 0. The molecule has 0 saturated carbocycles. The van der Waals surface area contributed by atoms with Gasteiger partial charge in [0, 0.05) is 4.47 Å². The second-order valence-electron chi connectivity index (χ2n) is 5.14. The van der Waals surface area contributed by atoms with Crippen LogP contribution in [0.15, 0.2) is 28.7 Å². The first-order chi connectivity index (χ1) is 10.4. The van der Waals surface area contributed by atoms with Gasteiger partial charge in [0.05, 0.1) is 19.1 Å². The number of rotatable bonds is 8. The molecule has 1 aromatic carbocycles. The van der Waals surface area contributed by atoms with Crippen LogP contribution in [0.4, 0.5) is 0 Å². The topological polar surface area (TPSA) is 93.5 Å². The van der Waals surface area contributed by atoms with E-state index >= 15 is 0 Å². The zero-order valence-corrected chi connectivity index (χ0v) is 14.4. The van der Waals surface area contributed by atoms with E-state index in [1.165, 1.54) is 0 Å². The summed E-state index contributed by atoms with van der Waals surface area (Å²) in [5, 5.41) is 5.17. The van der Waals surface area contributed by atoms with Crippen molar-refractivity contribution in [1.82, 2.24) is 10.6 Å². The molecule has 122 valence electrons. The number of halogens is 1. The number of carbonyl (C=O) groups is 2. The number of nitrogens with one attached hydrogen (secondary N) is 2. The molecule has 1 rings (SSSR count). The van der Waals surface area contributed by atoms with Crippen molar-refractivity contribution < 1.29 is 14.3 Å². The van der Waals surface area contributed by atoms with Gasteiger partial charge in [0.2, 0.25) is 11.8 Å². The lowest BCUT2D eigenvalue weighted by Gasteiger charge is -2.15. The van der Waals surface area contributed by atoms with Crippen LogP contribution in [0.3, 0.4) is 0 Å². The molecule has 0 aliphatic heterocycles. The summed E-state index contributed by atoms with van der Waals surface area (Å²) in [6.45, 7) is 4.32. The zero-order valence-electron chi connectivity index (χ0n) is 12.8. The molecular formula is C15H22BrN3O3. The number of hydrogen-bond acceptors (Lipinski definition) is 4. The monoisotopic (exact) mass is 371 g/mol. The molecule has 0 bridgehead atoms. The van der Waals surface area contributed by atoms with Gasteiger partial charge in [-0.2, -0.15) is 0 Å². The van der Waals surface area contributed by atoms with Crippen molar-refractivity contribution in [1.29, 1.82) is 0 Å². The molecule has 6 nitrogen and oxygen atoms in total. The van der Waals surface area contributed by atoms with E-state index in [-0.39, 0.29) is 24.3 Å². The predicted octanol–water partition coefficient (Wildman–Crippen LogP) is 1.04. The molecule has 1 atom stereocenters. The lowest BCUT2D eigenvalue weighted by atomic mass is 10.1. The lowest BCUT2D eigenvalue weighted by molar-refractivity contribution is -0.127. The molecule has 2 amide bonds. The van der Waals surface area contributed by atoms with Gasteiger partial charge in [-0.05, 0) is 24.1 Å². The van der Waals surface area contributed by atoms with E-state index in [2.05, 4.69) is 26.6 Å². The fourth-order valence-electron chi connectivity index (χ4n) is 1.57. The molecule has 0 aliphatic rings. The van der Waals surface area contributed by atoms with Gasteiger partial charge in [-0.3, -0.25) is 9.59 Å². The van der Waals surface area contributed by atoms with Crippen molar-refractivity contribution in [2.24, 2.45) is 11.7 Å². The maximum Gasteiger partial charge on any atom is 0.239 e.